The molecule has 1 heterocycles. The van der Waals surface area contributed by atoms with Crippen LogP contribution in [0.1, 0.15) is 46.0 Å². The Morgan fingerprint density at radius 3 is 2.92 bits per heavy atom. The standard InChI is InChI=1S/C11H18O2/c1-11(2)6-5-8-3-4-10(12)13-9(8)7-11/h8-9H,3-7H2,1-2H3/t8-,9+/m1/s1. The smallest absolute Gasteiger partial charge is 0.306 e. The maximum absolute atomic E-state index is 11.1. The molecule has 0 aromatic heterocycles. The monoisotopic (exact) mass is 182 g/mol. The van der Waals surface area contributed by atoms with Crippen LogP contribution in [0.15, 0.2) is 0 Å². The van der Waals surface area contributed by atoms with Gasteiger partial charge in [-0.2, -0.15) is 0 Å². The van der Waals surface area contributed by atoms with E-state index in [9.17, 15) is 4.79 Å². The first kappa shape index (κ1) is 9.04. The molecule has 0 unspecified atom stereocenters. The van der Waals surface area contributed by atoms with Crippen LogP contribution in [-0.4, -0.2) is 12.1 Å². The molecule has 0 N–H and O–H groups in total. The molecule has 2 fully saturated rings. The van der Waals surface area contributed by atoms with Crippen molar-refractivity contribution in [2.75, 3.05) is 0 Å². The fourth-order valence-electron chi connectivity index (χ4n) is 2.57. The van der Waals surface area contributed by atoms with Gasteiger partial charge in [-0.15, -0.1) is 0 Å². The molecule has 13 heavy (non-hydrogen) atoms. The number of esters is 1. The van der Waals surface area contributed by atoms with E-state index in [1.807, 2.05) is 0 Å². The molecule has 1 saturated heterocycles. The quantitative estimate of drug-likeness (QED) is 0.538. The Hall–Kier alpha value is -0.530. The molecular weight excluding hydrogens is 164 g/mol. The summed E-state index contributed by atoms with van der Waals surface area (Å²) in [4.78, 5) is 11.1. The number of rotatable bonds is 0. The molecule has 0 bridgehead atoms. The summed E-state index contributed by atoms with van der Waals surface area (Å²) in [7, 11) is 0. The van der Waals surface area contributed by atoms with Gasteiger partial charge in [0.1, 0.15) is 6.10 Å². The van der Waals surface area contributed by atoms with Crippen molar-refractivity contribution in [2.24, 2.45) is 11.3 Å². The SMILES string of the molecule is CC1(C)CC[C@H]2CCC(=O)O[C@H]2C1. The second-order valence-corrected chi connectivity index (χ2v) is 5.23. The van der Waals surface area contributed by atoms with Gasteiger partial charge in [0, 0.05) is 6.42 Å². The fourth-order valence-corrected chi connectivity index (χ4v) is 2.57. The van der Waals surface area contributed by atoms with Crippen molar-refractivity contribution in [1.29, 1.82) is 0 Å². The van der Waals surface area contributed by atoms with Crippen molar-refractivity contribution in [3.63, 3.8) is 0 Å². The number of carbonyl (C=O) groups is 1. The van der Waals surface area contributed by atoms with Crippen LogP contribution in [0.5, 0.6) is 0 Å². The van der Waals surface area contributed by atoms with Gasteiger partial charge in [0.2, 0.25) is 0 Å². The first-order chi connectivity index (χ1) is 6.07. The van der Waals surface area contributed by atoms with Gasteiger partial charge in [0.25, 0.3) is 0 Å². The molecule has 0 aromatic carbocycles. The molecule has 2 nitrogen and oxygen atoms in total. The molecule has 1 aliphatic heterocycles. The third-order valence-corrected chi connectivity index (χ3v) is 3.47. The van der Waals surface area contributed by atoms with E-state index in [1.54, 1.807) is 0 Å². The first-order valence-corrected chi connectivity index (χ1v) is 5.26. The van der Waals surface area contributed by atoms with Gasteiger partial charge >= 0.3 is 5.97 Å². The number of hydrogen-bond acceptors (Lipinski definition) is 2. The van der Waals surface area contributed by atoms with Gasteiger partial charge in [0.05, 0.1) is 0 Å². The van der Waals surface area contributed by atoms with Gasteiger partial charge in [-0.3, -0.25) is 4.79 Å². The van der Waals surface area contributed by atoms with Crippen molar-refractivity contribution >= 4 is 5.97 Å². The maximum Gasteiger partial charge on any atom is 0.306 e. The Balaban J connectivity index is 2.03. The lowest BCUT2D eigenvalue weighted by atomic mass is 9.69. The van der Waals surface area contributed by atoms with E-state index in [0.717, 1.165) is 12.8 Å². The minimum absolute atomic E-state index is 0.0129. The zero-order valence-electron chi connectivity index (χ0n) is 8.51. The Morgan fingerprint density at radius 1 is 1.38 bits per heavy atom. The molecule has 2 heteroatoms. The number of ether oxygens (including phenoxy) is 1. The predicted octanol–water partition coefficient (Wildman–Crippen LogP) is 2.52. The van der Waals surface area contributed by atoms with Crippen molar-refractivity contribution in [2.45, 2.75) is 52.1 Å². The summed E-state index contributed by atoms with van der Waals surface area (Å²) in [6.07, 6.45) is 5.51. The van der Waals surface area contributed by atoms with Crippen LogP contribution < -0.4 is 0 Å². The number of carbonyl (C=O) groups excluding carboxylic acids is 1. The Labute approximate surface area is 79.7 Å². The minimum atomic E-state index is 0.0129. The van der Waals surface area contributed by atoms with Crippen LogP contribution in [0.2, 0.25) is 0 Å². The van der Waals surface area contributed by atoms with E-state index in [1.165, 1.54) is 12.8 Å². The second kappa shape index (κ2) is 3.00. The largest absolute Gasteiger partial charge is 0.462 e. The summed E-state index contributed by atoms with van der Waals surface area (Å²) >= 11 is 0. The maximum atomic E-state index is 11.1. The summed E-state index contributed by atoms with van der Waals surface area (Å²) in [5, 5.41) is 0. The van der Waals surface area contributed by atoms with E-state index < -0.39 is 0 Å². The lowest BCUT2D eigenvalue weighted by molar-refractivity contribution is -0.164. The normalized spacial score (nSPS) is 37.8. The van der Waals surface area contributed by atoms with E-state index in [-0.39, 0.29) is 12.1 Å². The number of fused-ring (bicyclic) bond motifs is 1. The summed E-state index contributed by atoms with van der Waals surface area (Å²) in [5.74, 6) is 0.671. The van der Waals surface area contributed by atoms with E-state index in [2.05, 4.69) is 13.8 Å². The third kappa shape index (κ3) is 1.87. The third-order valence-electron chi connectivity index (χ3n) is 3.47. The van der Waals surface area contributed by atoms with Crippen LogP contribution in [0.3, 0.4) is 0 Å². The Kier molecular flexibility index (Phi) is 2.09. The van der Waals surface area contributed by atoms with Crippen LogP contribution in [0, 0.1) is 11.3 Å². The molecule has 2 rings (SSSR count). The molecule has 2 aliphatic rings. The van der Waals surface area contributed by atoms with Gasteiger partial charge < -0.3 is 4.74 Å². The molecule has 0 aromatic rings. The van der Waals surface area contributed by atoms with Gasteiger partial charge in [0.15, 0.2) is 0 Å². The Bertz CT molecular complexity index is 220. The topological polar surface area (TPSA) is 26.3 Å². The summed E-state index contributed by atoms with van der Waals surface area (Å²) in [6, 6.07) is 0. The summed E-state index contributed by atoms with van der Waals surface area (Å²) < 4.78 is 5.39. The van der Waals surface area contributed by atoms with E-state index in [4.69, 9.17) is 4.74 Å². The molecule has 74 valence electrons. The first-order valence-electron chi connectivity index (χ1n) is 5.26. The molecule has 0 amide bonds. The van der Waals surface area contributed by atoms with Gasteiger partial charge in [-0.1, -0.05) is 13.8 Å². The fraction of sp³-hybridized carbons (Fsp3) is 0.909. The zero-order valence-corrected chi connectivity index (χ0v) is 8.51. The summed E-state index contributed by atoms with van der Waals surface area (Å²) in [6.45, 7) is 4.54. The predicted molar refractivity (Wildman–Crippen MR) is 50.2 cm³/mol. The van der Waals surface area contributed by atoms with Crippen LogP contribution >= 0.6 is 0 Å². The van der Waals surface area contributed by atoms with E-state index in [0.29, 0.717) is 17.8 Å². The highest BCUT2D eigenvalue weighted by atomic mass is 16.5. The zero-order chi connectivity index (χ0) is 9.47. The second-order valence-electron chi connectivity index (χ2n) is 5.23. The highest BCUT2D eigenvalue weighted by Gasteiger charge is 2.39. The molecule has 0 radical (unpaired) electrons. The highest BCUT2D eigenvalue weighted by molar-refractivity contribution is 5.70. The van der Waals surface area contributed by atoms with Crippen molar-refractivity contribution in [1.82, 2.24) is 0 Å². The highest BCUT2D eigenvalue weighted by Crippen LogP contribution is 2.43. The average Bonchev–Trinajstić information content (AvgIpc) is 2.01. The molecular formula is C11H18O2. The van der Waals surface area contributed by atoms with Crippen LogP contribution in [0.4, 0.5) is 0 Å². The molecule has 0 spiro atoms. The van der Waals surface area contributed by atoms with Crippen molar-refractivity contribution in [3.05, 3.63) is 0 Å². The van der Waals surface area contributed by atoms with Gasteiger partial charge in [-0.25, -0.2) is 0 Å². The molecule has 2 atom stereocenters. The molecule has 1 saturated carbocycles. The lowest BCUT2D eigenvalue weighted by Gasteiger charge is -2.42. The minimum Gasteiger partial charge on any atom is -0.462 e. The number of hydrogen-bond donors (Lipinski definition) is 0. The van der Waals surface area contributed by atoms with Gasteiger partial charge in [-0.05, 0) is 37.0 Å². The molecule has 1 aliphatic carbocycles. The lowest BCUT2D eigenvalue weighted by Crippen LogP contribution is -2.40. The summed E-state index contributed by atoms with van der Waals surface area (Å²) in [5.41, 5.74) is 0.374. The van der Waals surface area contributed by atoms with E-state index >= 15 is 0 Å². The van der Waals surface area contributed by atoms with Crippen molar-refractivity contribution in [3.8, 4) is 0 Å². The van der Waals surface area contributed by atoms with Crippen LogP contribution in [0.25, 0.3) is 0 Å². The Morgan fingerprint density at radius 2 is 2.15 bits per heavy atom. The van der Waals surface area contributed by atoms with Crippen LogP contribution in [-0.2, 0) is 9.53 Å². The van der Waals surface area contributed by atoms with Crippen molar-refractivity contribution < 1.29 is 9.53 Å². The average molecular weight is 182 g/mol.